The summed E-state index contributed by atoms with van der Waals surface area (Å²) >= 11 is 20.8. The molecule has 1 heterocycles. The fourth-order valence-corrected chi connectivity index (χ4v) is 4.49. The van der Waals surface area contributed by atoms with Gasteiger partial charge in [0.05, 0.1) is 13.6 Å². The van der Waals surface area contributed by atoms with Crippen molar-refractivity contribution in [2.24, 2.45) is 0 Å². The van der Waals surface area contributed by atoms with Crippen LogP contribution >= 0.6 is 68.7 Å². The minimum atomic E-state index is -1.31. The summed E-state index contributed by atoms with van der Waals surface area (Å²) in [4.78, 5) is 24.0. The van der Waals surface area contributed by atoms with E-state index in [9.17, 15) is 14.7 Å². The molecule has 3 aromatic rings. The van der Waals surface area contributed by atoms with Gasteiger partial charge < -0.3 is 15.2 Å². The van der Waals surface area contributed by atoms with Crippen molar-refractivity contribution in [2.75, 3.05) is 0 Å². The second kappa shape index (κ2) is 10.0. The highest BCUT2D eigenvalue weighted by Gasteiger charge is 2.22. The van der Waals surface area contributed by atoms with Crippen molar-refractivity contribution >= 4 is 86.7 Å². The number of carboxylic acids is 1. The van der Waals surface area contributed by atoms with Crippen LogP contribution in [0.2, 0.25) is 14.4 Å². The average molecular weight is 595 g/mol. The monoisotopic (exact) mass is 593 g/mol. The third-order valence-corrected chi connectivity index (χ3v) is 7.16. The summed E-state index contributed by atoms with van der Waals surface area (Å²) in [5.74, 6) is -0.727. The molecule has 154 valence electrons. The van der Waals surface area contributed by atoms with Gasteiger partial charge in [0.15, 0.2) is 0 Å². The summed E-state index contributed by atoms with van der Waals surface area (Å²) in [7, 11) is 0. The third-order valence-electron chi connectivity index (χ3n) is 3.70. The third kappa shape index (κ3) is 5.47. The van der Waals surface area contributed by atoms with Crippen LogP contribution < -0.4 is 10.1 Å². The maximum absolute atomic E-state index is 12.4. The predicted octanol–water partition coefficient (Wildman–Crippen LogP) is 6.96. The highest BCUT2D eigenvalue weighted by molar-refractivity contribution is 14.1. The zero-order valence-corrected chi connectivity index (χ0v) is 20.0. The van der Waals surface area contributed by atoms with Gasteiger partial charge in [-0.05, 0) is 58.5 Å². The topological polar surface area (TPSA) is 75.6 Å². The lowest BCUT2D eigenvalue weighted by Gasteiger charge is -2.08. The molecular weight excluding hydrogens is 584 g/mol. The van der Waals surface area contributed by atoms with Crippen molar-refractivity contribution in [2.45, 2.75) is 0 Å². The molecule has 3 rings (SSSR count). The molecule has 1 amide bonds. The first-order chi connectivity index (χ1) is 14.3. The van der Waals surface area contributed by atoms with Crippen molar-refractivity contribution in [1.82, 2.24) is 5.32 Å². The van der Waals surface area contributed by atoms with Crippen LogP contribution in [0.1, 0.15) is 15.2 Å². The summed E-state index contributed by atoms with van der Waals surface area (Å²) < 4.78 is 6.92. The number of hydrogen-bond acceptors (Lipinski definition) is 4. The predicted molar refractivity (Wildman–Crippen MR) is 128 cm³/mol. The normalized spacial score (nSPS) is 11.3. The molecule has 0 unspecified atom stereocenters. The van der Waals surface area contributed by atoms with Crippen LogP contribution in [0.25, 0.3) is 6.08 Å². The van der Waals surface area contributed by atoms with E-state index in [2.05, 4.69) is 27.9 Å². The van der Waals surface area contributed by atoms with Crippen LogP contribution in [0.5, 0.6) is 11.5 Å². The second-order valence-electron chi connectivity index (χ2n) is 5.75. The Morgan fingerprint density at radius 2 is 1.70 bits per heavy atom. The fourth-order valence-electron chi connectivity index (χ4n) is 2.29. The van der Waals surface area contributed by atoms with Crippen LogP contribution in [0.4, 0.5) is 0 Å². The zero-order chi connectivity index (χ0) is 21.8. The van der Waals surface area contributed by atoms with E-state index in [1.807, 2.05) is 24.3 Å². The van der Waals surface area contributed by atoms with E-state index in [0.717, 1.165) is 14.9 Å². The van der Waals surface area contributed by atoms with Gasteiger partial charge in [-0.25, -0.2) is 4.79 Å². The second-order valence-corrected chi connectivity index (χ2v) is 9.29. The van der Waals surface area contributed by atoms with Crippen molar-refractivity contribution < 1.29 is 19.4 Å². The maximum atomic E-state index is 12.4. The number of carbonyl (C=O) groups is 2. The van der Waals surface area contributed by atoms with Gasteiger partial charge in [0.25, 0.3) is 5.91 Å². The molecule has 0 radical (unpaired) electrons. The van der Waals surface area contributed by atoms with Crippen LogP contribution in [0, 0.1) is 3.57 Å². The van der Waals surface area contributed by atoms with Gasteiger partial charge in [0.1, 0.15) is 26.4 Å². The summed E-state index contributed by atoms with van der Waals surface area (Å²) in [6.07, 6.45) is 1.32. The summed E-state index contributed by atoms with van der Waals surface area (Å²) in [5.41, 5.74) is 0.221. The van der Waals surface area contributed by atoms with E-state index < -0.39 is 11.9 Å². The number of benzene rings is 2. The molecule has 2 aromatic carbocycles. The molecule has 1 aromatic heterocycles. The van der Waals surface area contributed by atoms with Gasteiger partial charge in [-0.3, -0.25) is 4.79 Å². The first-order valence-corrected chi connectivity index (χ1v) is 11.2. The largest absolute Gasteiger partial charge is 0.477 e. The Morgan fingerprint density at radius 1 is 1.03 bits per heavy atom. The molecule has 30 heavy (non-hydrogen) atoms. The van der Waals surface area contributed by atoms with Crippen molar-refractivity contribution in [3.8, 4) is 11.5 Å². The number of carbonyl (C=O) groups excluding carboxylic acids is 1. The molecule has 0 aliphatic carbocycles. The highest BCUT2D eigenvalue weighted by Crippen LogP contribution is 2.40. The summed E-state index contributed by atoms with van der Waals surface area (Å²) in [6.45, 7) is 0. The molecule has 10 heteroatoms. The van der Waals surface area contributed by atoms with Gasteiger partial charge in [0, 0.05) is 0 Å². The van der Waals surface area contributed by atoms with Crippen LogP contribution in [-0.2, 0) is 4.79 Å². The first kappa shape index (κ1) is 22.9. The number of thiophene rings is 1. The van der Waals surface area contributed by atoms with E-state index in [1.165, 1.54) is 6.08 Å². The minimum absolute atomic E-state index is 0.0223. The van der Waals surface area contributed by atoms with Crippen LogP contribution in [0.3, 0.4) is 0 Å². The fraction of sp³-hybridized carbons (Fsp3) is 0. The van der Waals surface area contributed by atoms with E-state index in [0.29, 0.717) is 17.1 Å². The number of nitrogens with one attached hydrogen (secondary N) is 1. The highest BCUT2D eigenvalue weighted by atomic mass is 127. The van der Waals surface area contributed by atoms with E-state index in [-0.39, 0.29) is 25.0 Å². The van der Waals surface area contributed by atoms with Crippen molar-refractivity contribution in [3.63, 3.8) is 0 Å². The van der Waals surface area contributed by atoms with Gasteiger partial charge in [-0.15, -0.1) is 11.3 Å². The van der Waals surface area contributed by atoms with Crippen molar-refractivity contribution in [3.05, 3.63) is 82.6 Å². The number of carboxylic acid groups (broad SMARTS) is 1. The van der Waals surface area contributed by atoms with E-state index in [4.69, 9.17) is 39.5 Å². The lowest BCUT2D eigenvalue weighted by molar-refractivity contribution is -0.132. The smallest absolute Gasteiger partial charge is 0.352 e. The summed E-state index contributed by atoms with van der Waals surface area (Å²) in [6, 6.07) is 14.3. The number of ether oxygens (including phenoxy) is 1. The molecule has 2 N–H and O–H groups in total. The number of para-hydroxylation sites is 1. The van der Waals surface area contributed by atoms with E-state index >= 15 is 0 Å². The van der Waals surface area contributed by atoms with Crippen LogP contribution in [-0.4, -0.2) is 17.0 Å². The van der Waals surface area contributed by atoms with Gasteiger partial charge >= 0.3 is 5.97 Å². The lowest BCUT2D eigenvalue weighted by atomic mass is 10.2. The number of rotatable bonds is 6. The molecule has 5 nitrogen and oxygen atoms in total. The number of hydrogen-bond donors (Lipinski definition) is 2. The number of halogens is 4. The van der Waals surface area contributed by atoms with Gasteiger partial charge in [-0.1, -0.05) is 59.1 Å². The van der Waals surface area contributed by atoms with Crippen molar-refractivity contribution in [1.29, 1.82) is 0 Å². The lowest BCUT2D eigenvalue weighted by Crippen LogP contribution is -2.26. The Morgan fingerprint density at radius 3 is 2.27 bits per heavy atom. The summed E-state index contributed by atoms with van der Waals surface area (Å²) in [5, 5.41) is 11.8. The molecular formula is C20H11Cl3INO4S. The van der Waals surface area contributed by atoms with Gasteiger partial charge in [0.2, 0.25) is 0 Å². The Hall–Kier alpha value is -1.78. The Labute approximate surface area is 204 Å². The number of amides is 1. The first-order valence-electron chi connectivity index (χ1n) is 8.18. The molecule has 0 aliphatic rings. The average Bonchev–Trinajstić information content (AvgIpc) is 2.98. The minimum Gasteiger partial charge on any atom is -0.477 e. The number of aliphatic carboxylic acids is 1. The van der Waals surface area contributed by atoms with E-state index in [1.54, 1.807) is 24.3 Å². The van der Waals surface area contributed by atoms with Crippen LogP contribution in [0.15, 0.2) is 54.2 Å². The quantitative estimate of drug-likeness (QED) is 0.239. The zero-order valence-electron chi connectivity index (χ0n) is 14.8. The molecule has 0 spiro atoms. The molecule has 0 saturated carbocycles. The Kier molecular flexibility index (Phi) is 7.65. The molecule has 0 bridgehead atoms. The Balaban J connectivity index is 1.78. The molecule has 0 aliphatic heterocycles. The molecule has 0 fully saturated rings. The van der Waals surface area contributed by atoms with Gasteiger partial charge in [-0.2, -0.15) is 0 Å². The molecule has 0 saturated heterocycles. The standard InChI is InChI=1S/C20H11Cl3INO4S/c21-15-16(22)18(23)30-17(15)19(26)25-13(20(27)28)9-10-5-7-11(8-6-10)29-14-4-2-1-3-12(14)24/h1-9H,(H,25,26)(H,27,28)/b13-9+. The molecule has 0 atom stereocenters. The Bertz CT molecular complexity index is 1150. The maximum Gasteiger partial charge on any atom is 0.352 e. The SMILES string of the molecule is O=C(O)/C(=C\c1ccc(Oc2ccccc2I)cc1)NC(=O)c1sc(Cl)c(Cl)c1Cl.